The van der Waals surface area contributed by atoms with E-state index in [1.165, 1.54) is 0 Å². The zero-order valence-corrected chi connectivity index (χ0v) is 11.5. The highest BCUT2D eigenvalue weighted by molar-refractivity contribution is 6.33. The quantitative estimate of drug-likeness (QED) is 0.847. The van der Waals surface area contributed by atoms with Crippen molar-refractivity contribution in [1.29, 1.82) is 0 Å². The summed E-state index contributed by atoms with van der Waals surface area (Å²) >= 11 is 5.96. The van der Waals surface area contributed by atoms with Gasteiger partial charge in [0.25, 0.3) is 0 Å². The summed E-state index contributed by atoms with van der Waals surface area (Å²) in [7, 11) is 6.17. The zero-order chi connectivity index (χ0) is 11.4. The standard InChI is InChI=1S/C11H18ClN3.ClH/c1-14(2)6-7-15(3)9-4-5-11(13)10(12)8-9;/h4-5,8H,6-7,13H2,1-3H3;1H. The molecule has 1 aromatic rings. The van der Waals surface area contributed by atoms with Crippen molar-refractivity contribution in [2.45, 2.75) is 0 Å². The molecule has 0 aliphatic rings. The maximum atomic E-state index is 5.96. The van der Waals surface area contributed by atoms with Crippen LogP contribution in [0.15, 0.2) is 18.2 Å². The molecule has 0 aromatic heterocycles. The summed E-state index contributed by atoms with van der Waals surface area (Å²) in [5, 5.41) is 0.615. The third-order valence-electron chi connectivity index (χ3n) is 2.31. The van der Waals surface area contributed by atoms with E-state index in [4.69, 9.17) is 17.3 Å². The monoisotopic (exact) mass is 263 g/mol. The molecule has 0 saturated carbocycles. The molecule has 0 saturated heterocycles. The van der Waals surface area contributed by atoms with Crippen LogP contribution in [-0.2, 0) is 0 Å². The van der Waals surface area contributed by atoms with Crippen LogP contribution in [0.4, 0.5) is 11.4 Å². The van der Waals surface area contributed by atoms with Gasteiger partial charge in [-0.1, -0.05) is 11.6 Å². The van der Waals surface area contributed by atoms with Crippen LogP contribution in [0.1, 0.15) is 0 Å². The van der Waals surface area contributed by atoms with E-state index >= 15 is 0 Å². The Hall–Kier alpha value is -0.640. The number of benzene rings is 1. The first-order valence-corrected chi connectivity index (χ1v) is 5.29. The first-order chi connectivity index (χ1) is 7.00. The SMILES string of the molecule is CN(C)CCN(C)c1ccc(N)c(Cl)c1.Cl. The number of nitrogens with two attached hydrogens (primary N) is 1. The van der Waals surface area contributed by atoms with Gasteiger partial charge < -0.3 is 15.5 Å². The summed E-state index contributed by atoms with van der Waals surface area (Å²) in [5.41, 5.74) is 7.37. The number of likely N-dealkylation sites (N-methyl/N-ethyl adjacent to an activating group) is 2. The predicted molar refractivity (Wildman–Crippen MR) is 74.9 cm³/mol. The molecule has 16 heavy (non-hydrogen) atoms. The number of nitrogen functional groups attached to an aromatic ring is 1. The highest BCUT2D eigenvalue weighted by atomic mass is 35.5. The average molecular weight is 264 g/mol. The first kappa shape index (κ1) is 15.4. The van der Waals surface area contributed by atoms with E-state index in [9.17, 15) is 0 Å². The van der Waals surface area contributed by atoms with E-state index in [-0.39, 0.29) is 12.4 Å². The van der Waals surface area contributed by atoms with Gasteiger partial charge >= 0.3 is 0 Å². The molecule has 5 heteroatoms. The van der Waals surface area contributed by atoms with Crippen LogP contribution in [0.3, 0.4) is 0 Å². The molecule has 0 bridgehead atoms. The van der Waals surface area contributed by atoms with Gasteiger partial charge in [-0.2, -0.15) is 0 Å². The minimum absolute atomic E-state index is 0. The Bertz CT molecular complexity index is 329. The minimum atomic E-state index is 0. The number of hydrogen-bond acceptors (Lipinski definition) is 3. The molecule has 0 aliphatic carbocycles. The van der Waals surface area contributed by atoms with E-state index in [2.05, 4.69) is 23.9 Å². The Labute approximate surface area is 109 Å². The molecule has 0 amide bonds. The van der Waals surface area contributed by atoms with Gasteiger partial charge in [0.2, 0.25) is 0 Å². The molecule has 0 spiro atoms. The molecular weight excluding hydrogens is 245 g/mol. The van der Waals surface area contributed by atoms with Crippen LogP contribution in [0.5, 0.6) is 0 Å². The molecular formula is C11H19Cl2N3. The summed E-state index contributed by atoms with van der Waals surface area (Å²) in [5.74, 6) is 0. The van der Waals surface area contributed by atoms with Crippen LogP contribution in [0, 0.1) is 0 Å². The van der Waals surface area contributed by atoms with Crippen molar-refractivity contribution in [3.05, 3.63) is 23.2 Å². The van der Waals surface area contributed by atoms with Gasteiger partial charge in [0.1, 0.15) is 0 Å². The second-order valence-electron chi connectivity index (χ2n) is 3.93. The van der Waals surface area contributed by atoms with E-state index < -0.39 is 0 Å². The molecule has 0 heterocycles. The summed E-state index contributed by atoms with van der Waals surface area (Å²) < 4.78 is 0. The second-order valence-corrected chi connectivity index (χ2v) is 4.34. The Morgan fingerprint density at radius 3 is 2.31 bits per heavy atom. The normalized spacial score (nSPS) is 10.1. The number of hydrogen-bond donors (Lipinski definition) is 1. The van der Waals surface area contributed by atoms with Crippen LogP contribution < -0.4 is 10.6 Å². The molecule has 1 aromatic carbocycles. The Morgan fingerprint density at radius 2 is 1.81 bits per heavy atom. The zero-order valence-electron chi connectivity index (χ0n) is 9.90. The van der Waals surface area contributed by atoms with Crippen molar-refractivity contribution in [2.24, 2.45) is 0 Å². The minimum Gasteiger partial charge on any atom is -0.398 e. The Kier molecular flexibility index (Phi) is 6.56. The van der Waals surface area contributed by atoms with E-state index in [1.54, 1.807) is 0 Å². The van der Waals surface area contributed by atoms with Crippen molar-refractivity contribution >= 4 is 35.4 Å². The maximum Gasteiger partial charge on any atom is 0.0656 e. The van der Waals surface area contributed by atoms with Gasteiger partial charge in [-0.05, 0) is 32.3 Å². The van der Waals surface area contributed by atoms with Crippen molar-refractivity contribution < 1.29 is 0 Å². The van der Waals surface area contributed by atoms with Crippen LogP contribution in [-0.4, -0.2) is 39.1 Å². The lowest BCUT2D eigenvalue weighted by Gasteiger charge is -2.21. The number of halogens is 2. The van der Waals surface area contributed by atoms with E-state index in [0.717, 1.165) is 18.8 Å². The number of anilines is 2. The molecule has 3 nitrogen and oxygen atoms in total. The van der Waals surface area contributed by atoms with Gasteiger partial charge in [0.15, 0.2) is 0 Å². The molecule has 0 atom stereocenters. The Morgan fingerprint density at radius 1 is 1.19 bits per heavy atom. The maximum absolute atomic E-state index is 5.96. The van der Waals surface area contributed by atoms with Gasteiger partial charge in [-0.25, -0.2) is 0 Å². The topological polar surface area (TPSA) is 32.5 Å². The third-order valence-corrected chi connectivity index (χ3v) is 2.63. The Balaban J connectivity index is 0.00000225. The van der Waals surface area contributed by atoms with Crippen LogP contribution >= 0.6 is 24.0 Å². The van der Waals surface area contributed by atoms with Crippen molar-refractivity contribution in [3.63, 3.8) is 0 Å². The number of rotatable bonds is 4. The average Bonchev–Trinajstić information content (AvgIpc) is 2.18. The molecule has 0 aliphatic heterocycles. The lowest BCUT2D eigenvalue weighted by molar-refractivity contribution is 0.416. The second kappa shape index (κ2) is 6.84. The molecule has 0 radical (unpaired) electrons. The van der Waals surface area contributed by atoms with Crippen molar-refractivity contribution in [3.8, 4) is 0 Å². The predicted octanol–water partition coefficient (Wildman–Crippen LogP) is 2.34. The highest BCUT2D eigenvalue weighted by Crippen LogP contribution is 2.24. The van der Waals surface area contributed by atoms with E-state index in [0.29, 0.717) is 10.7 Å². The fraction of sp³-hybridized carbons (Fsp3) is 0.455. The van der Waals surface area contributed by atoms with Gasteiger partial charge in [0, 0.05) is 25.8 Å². The molecule has 0 fully saturated rings. The number of nitrogens with zero attached hydrogens (tertiary/aromatic N) is 2. The van der Waals surface area contributed by atoms with Gasteiger partial charge in [0.05, 0.1) is 10.7 Å². The molecule has 0 unspecified atom stereocenters. The summed E-state index contributed by atoms with van der Waals surface area (Å²) in [4.78, 5) is 4.31. The molecule has 1 rings (SSSR count). The summed E-state index contributed by atoms with van der Waals surface area (Å²) in [6, 6.07) is 5.72. The lowest BCUT2D eigenvalue weighted by Crippen LogP contribution is -2.28. The summed E-state index contributed by atoms with van der Waals surface area (Å²) in [6.07, 6.45) is 0. The van der Waals surface area contributed by atoms with Crippen molar-refractivity contribution in [2.75, 3.05) is 44.9 Å². The van der Waals surface area contributed by atoms with Gasteiger partial charge in [-0.3, -0.25) is 0 Å². The fourth-order valence-electron chi connectivity index (χ4n) is 1.23. The molecule has 92 valence electrons. The largest absolute Gasteiger partial charge is 0.398 e. The van der Waals surface area contributed by atoms with E-state index in [1.807, 2.05) is 25.2 Å². The fourth-order valence-corrected chi connectivity index (χ4v) is 1.41. The van der Waals surface area contributed by atoms with Crippen molar-refractivity contribution in [1.82, 2.24) is 4.90 Å². The van der Waals surface area contributed by atoms with Gasteiger partial charge in [-0.15, -0.1) is 12.4 Å². The van der Waals surface area contributed by atoms with Crippen LogP contribution in [0.2, 0.25) is 5.02 Å². The van der Waals surface area contributed by atoms with Crippen LogP contribution in [0.25, 0.3) is 0 Å². The lowest BCUT2D eigenvalue weighted by atomic mass is 10.2. The molecule has 2 N–H and O–H groups in total. The smallest absolute Gasteiger partial charge is 0.0656 e. The third kappa shape index (κ3) is 4.47. The summed E-state index contributed by atoms with van der Waals surface area (Å²) in [6.45, 7) is 1.98. The highest BCUT2D eigenvalue weighted by Gasteiger charge is 2.03. The first-order valence-electron chi connectivity index (χ1n) is 4.91.